The molecular formula is C13H13Cl2N3. The van der Waals surface area contributed by atoms with Crippen LogP contribution in [0.3, 0.4) is 0 Å². The molecule has 1 aromatic carbocycles. The van der Waals surface area contributed by atoms with Crippen molar-refractivity contribution in [2.75, 3.05) is 11.1 Å². The SMILES string of the molecule is CC(Nc1ncc(Cl)cc1N)c1ccc(Cl)cc1. The van der Waals surface area contributed by atoms with Crippen LogP contribution in [0.5, 0.6) is 0 Å². The molecule has 1 aromatic heterocycles. The molecule has 1 heterocycles. The number of rotatable bonds is 3. The van der Waals surface area contributed by atoms with E-state index in [9.17, 15) is 0 Å². The van der Waals surface area contributed by atoms with Gasteiger partial charge in [0.25, 0.3) is 0 Å². The summed E-state index contributed by atoms with van der Waals surface area (Å²) in [4.78, 5) is 4.17. The maximum absolute atomic E-state index is 5.85. The van der Waals surface area contributed by atoms with Crippen LogP contribution in [-0.4, -0.2) is 4.98 Å². The number of pyridine rings is 1. The monoisotopic (exact) mass is 281 g/mol. The largest absolute Gasteiger partial charge is 0.396 e. The predicted molar refractivity (Wildman–Crippen MR) is 77.1 cm³/mol. The van der Waals surface area contributed by atoms with Crippen LogP contribution in [0.15, 0.2) is 36.5 Å². The lowest BCUT2D eigenvalue weighted by atomic mass is 10.1. The molecule has 2 aromatic rings. The molecule has 1 unspecified atom stereocenters. The molecule has 0 saturated heterocycles. The molecule has 3 N–H and O–H groups in total. The maximum atomic E-state index is 5.85. The van der Waals surface area contributed by atoms with E-state index >= 15 is 0 Å². The van der Waals surface area contributed by atoms with E-state index in [0.29, 0.717) is 16.5 Å². The van der Waals surface area contributed by atoms with Crippen LogP contribution in [0.2, 0.25) is 10.0 Å². The second-order valence-electron chi connectivity index (χ2n) is 4.01. The highest BCUT2D eigenvalue weighted by atomic mass is 35.5. The van der Waals surface area contributed by atoms with Gasteiger partial charge in [-0.25, -0.2) is 4.98 Å². The van der Waals surface area contributed by atoms with Gasteiger partial charge in [-0.15, -0.1) is 0 Å². The summed E-state index contributed by atoms with van der Waals surface area (Å²) in [5.74, 6) is 0.627. The zero-order chi connectivity index (χ0) is 13.1. The van der Waals surface area contributed by atoms with Gasteiger partial charge in [0.05, 0.1) is 16.8 Å². The molecule has 5 heteroatoms. The summed E-state index contributed by atoms with van der Waals surface area (Å²) in [5.41, 5.74) is 7.48. The third-order valence-corrected chi connectivity index (χ3v) is 3.07. The molecule has 0 aliphatic heterocycles. The number of hydrogen-bond acceptors (Lipinski definition) is 3. The first-order valence-electron chi connectivity index (χ1n) is 5.49. The molecule has 0 bridgehead atoms. The molecule has 0 aliphatic carbocycles. The van der Waals surface area contributed by atoms with Gasteiger partial charge in [0.15, 0.2) is 0 Å². The second-order valence-corrected chi connectivity index (χ2v) is 4.88. The fourth-order valence-corrected chi connectivity index (χ4v) is 1.91. The Hall–Kier alpha value is -1.45. The first-order chi connectivity index (χ1) is 8.56. The number of nitrogens with two attached hydrogens (primary N) is 1. The molecule has 0 amide bonds. The molecule has 0 fully saturated rings. The van der Waals surface area contributed by atoms with Crippen LogP contribution in [0, 0.1) is 0 Å². The Labute approximate surface area is 116 Å². The van der Waals surface area contributed by atoms with Crippen LogP contribution in [0.1, 0.15) is 18.5 Å². The Bertz CT molecular complexity index is 540. The molecule has 0 spiro atoms. The van der Waals surface area contributed by atoms with Gasteiger partial charge < -0.3 is 11.1 Å². The number of halogens is 2. The lowest BCUT2D eigenvalue weighted by Gasteiger charge is -2.16. The zero-order valence-corrected chi connectivity index (χ0v) is 11.3. The van der Waals surface area contributed by atoms with Crippen LogP contribution >= 0.6 is 23.2 Å². The fourth-order valence-electron chi connectivity index (χ4n) is 1.62. The van der Waals surface area contributed by atoms with Gasteiger partial charge in [0.2, 0.25) is 0 Å². The number of nitrogens with one attached hydrogen (secondary N) is 1. The number of aromatic nitrogens is 1. The number of anilines is 2. The Morgan fingerprint density at radius 2 is 1.83 bits per heavy atom. The number of nitrogens with zero attached hydrogens (tertiary/aromatic N) is 1. The van der Waals surface area contributed by atoms with E-state index in [1.807, 2.05) is 31.2 Å². The van der Waals surface area contributed by atoms with E-state index in [1.54, 1.807) is 12.3 Å². The van der Waals surface area contributed by atoms with Crippen LogP contribution in [0.4, 0.5) is 11.5 Å². The lowest BCUT2D eigenvalue weighted by Crippen LogP contribution is -2.09. The van der Waals surface area contributed by atoms with Crippen molar-refractivity contribution in [3.63, 3.8) is 0 Å². The van der Waals surface area contributed by atoms with Crippen molar-refractivity contribution < 1.29 is 0 Å². The van der Waals surface area contributed by atoms with Crippen molar-refractivity contribution in [3.05, 3.63) is 52.1 Å². The fraction of sp³-hybridized carbons (Fsp3) is 0.154. The van der Waals surface area contributed by atoms with Gasteiger partial charge in [-0.05, 0) is 30.7 Å². The summed E-state index contributed by atoms with van der Waals surface area (Å²) in [6, 6.07) is 9.39. The van der Waals surface area contributed by atoms with Crippen molar-refractivity contribution in [2.45, 2.75) is 13.0 Å². The second kappa shape index (κ2) is 5.46. The standard InChI is InChI=1S/C13H13Cl2N3/c1-8(9-2-4-10(14)5-3-9)18-13-12(16)6-11(15)7-17-13/h2-8H,16H2,1H3,(H,17,18). The molecule has 3 nitrogen and oxygen atoms in total. The van der Waals surface area contributed by atoms with Gasteiger partial charge in [0.1, 0.15) is 5.82 Å². The van der Waals surface area contributed by atoms with Gasteiger partial charge in [-0.1, -0.05) is 35.3 Å². The molecule has 0 aliphatic rings. The van der Waals surface area contributed by atoms with E-state index in [-0.39, 0.29) is 6.04 Å². The molecule has 1 atom stereocenters. The van der Waals surface area contributed by atoms with E-state index in [1.165, 1.54) is 0 Å². The van der Waals surface area contributed by atoms with Gasteiger partial charge >= 0.3 is 0 Å². The number of hydrogen-bond donors (Lipinski definition) is 2. The third kappa shape index (κ3) is 3.06. The third-order valence-electron chi connectivity index (χ3n) is 2.61. The summed E-state index contributed by atoms with van der Waals surface area (Å²) in [6.45, 7) is 2.03. The first kappa shape index (κ1) is 13.0. The Morgan fingerprint density at radius 3 is 2.44 bits per heavy atom. The summed E-state index contributed by atoms with van der Waals surface area (Å²) in [6.07, 6.45) is 1.56. The highest BCUT2D eigenvalue weighted by Gasteiger charge is 2.08. The quantitative estimate of drug-likeness (QED) is 0.889. The van der Waals surface area contributed by atoms with E-state index in [0.717, 1.165) is 10.6 Å². The van der Waals surface area contributed by atoms with Crippen LogP contribution < -0.4 is 11.1 Å². The topological polar surface area (TPSA) is 50.9 Å². The minimum Gasteiger partial charge on any atom is -0.396 e. The molecule has 0 radical (unpaired) electrons. The highest BCUT2D eigenvalue weighted by molar-refractivity contribution is 6.31. The summed E-state index contributed by atoms with van der Waals surface area (Å²) < 4.78 is 0. The van der Waals surface area contributed by atoms with E-state index in [2.05, 4.69) is 10.3 Å². The molecule has 0 saturated carbocycles. The summed E-state index contributed by atoms with van der Waals surface area (Å²) in [5, 5.41) is 4.48. The first-order valence-corrected chi connectivity index (χ1v) is 6.25. The molecule has 94 valence electrons. The van der Waals surface area contributed by atoms with Crippen molar-refractivity contribution in [3.8, 4) is 0 Å². The average Bonchev–Trinajstić information content (AvgIpc) is 2.33. The molecule has 18 heavy (non-hydrogen) atoms. The molecule has 2 rings (SSSR count). The Balaban J connectivity index is 2.15. The average molecular weight is 282 g/mol. The minimum atomic E-state index is 0.0817. The maximum Gasteiger partial charge on any atom is 0.149 e. The highest BCUT2D eigenvalue weighted by Crippen LogP contribution is 2.24. The Morgan fingerprint density at radius 1 is 1.17 bits per heavy atom. The smallest absolute Gasteiger partial charge is 0.149 e. The van der Waals surface area contributed by atoms with Gasteiger partial charge in [-0.2, -0.15) is 0 Å². The lowest BCUT2D eigenvalue weighted by molar-refractivity contribution is 0.876. The normalized spacial score (nSPS) is 12.2. The number of nitrogen functional groups attached to an aromatic ring is 1. The zero-order valence-electron chi connectivity index (χ0n) is 9.82. The summed E-state index contributed by atoms with van der Waals surface area (Å²) in [7, 11) is 0. The minimum absolute atomic E-state index is 0.0817. The van der Waals surface area contributed by atoms with E-state index < -0.39 is 0 Å². The van der Waals surface area contributed by atoms with Crippen molar-refractivity contribution >= 4 is 34.7 Å². The van der Waals surface area contributed by atoms with Crippen molar-refractivity contribution in [1.82, 2.24) is 4.98 Å². The summed E-state index contributed by atoms with van der Waals surface area (Å²) >= 11 is 11.7. The van der Waals surface area contributed by atoms with Gasteiger partial charge in [0, 0.05) is 11.2 Å². The van der Waals surface area contributed by atoms with E-state index in [4.69, 9.17) is 28.9 Å². The van der Waals surface area contributed by atoms with Crippen molar-refractivity contribution in [1.29, 1.82) is 0 Å². The molecular weight excluding hydrogens is 269 g/mol. The predicted octanol–water partition coefficient (Wildman–Crippen LogP) is 4.14. The Kier molecular flexibility index (Phi) is 3.94. The number of benzene rings is 1. The van der Waals surface area contributed by atoms with Crippen LogP contribution in [0.25, 0.3) is 0 Å². The van der Waals surface area contributed by atoms with Crippen molar-refractivity contribution in [2.24, 2.45) is 0 Å². The van der Waals surface area contributed by atoms with Crippen LogP contribution in [-0.2, 0) is 0 Å². The van der Waals surface area contributed by atoms with Gasteiger partial charge in [-0.3, -0.25) is 0 Å².